The standard InChI is InChI=1S/C35H35BrN4O5.ClH/c1-5-28(37-3)33(42)38-29-20-40(34(43)23-12-10-22(11-13-23)21(2)41)31-9-7-6-8-30(31)39(35(29)44)19-27-26-16-15-25(36)18-24(26)14-17-32(27)45-4;/h6-18,28-29,37H,5,19-20H2,1-4H3,(H,38,42);1H. The zero-order valence-corrected chi connectivity index (χ0v) is 28.4. The summed E-state index contributed by atoms with van der Waals surface area (Å²) in [6, 6.07) is 21.8. The first-order valence-electron chi connectivity index (χ1n) is 14.7. The zero-order chi connectivity index (χ0) is 32.2. The number of benzene rings is 4. The molecule has 1 aliphatic heterocycles. The number of nitrogens with one attached hydrogen (secondary N) is 2. The third kappa shape index (κ3) is 6.94. The summed E-state index contributed by atoms with van der Waals surface area (Å²) in [6.07, 6.45) is 0.515. The molecule has 2 unspecified atom stereocenters. The SMILES string of the molecule is CCC(NC)C(=O)NC1CN(C(=O)c2ccc(C(C)=O)cc2)c2ccccc2N(Cc2c(OC)ccc3cc(Br)ccc23)C1=O.Cl. The van der Waals surface area contributed by atoms with Crippen molar-refractivity contribution in [2.75, 3.05) is 30.5 Å². The third-order valence-electron chi connectivity index (χ3n) is 8.15. The summed E-state index contributed by atoms with van der Waals surface area (Å²) in [6.45, 7) is 3.38. The van der Waals surface area contributed by atoms with Gasteiger partial charge in [-0.25, -0.2) is 0 Å². The monoisotopic (exact) mass is 706 g/mol. The van der Waals surface area contributed by atoms with E-state index in [1.165, 1.54) is 11.8 Å². The topological polar surface area (TPSA) is 108 Å². The Bertz CT molecular complexity index is 1780. The molecule has 0 spiro atoms. The predicted octanol–water partition coefficient (Wildman–Crippen LogP) is 5.91. The summed E-state index contributed by atoms with van der Waals surface area (Å²) in [4.78, 5) is 57.0. The van der Waals surface area contributed by atoms with Crippen molar-refractivity contribution >= 4 is 74.0 Å². The number of carbonyl (C=O) groups excluding carboxylic acids is 4. The highest BCUT2D eigenvalue weighted by molar-refractivity contribution is 9.10. The molecule has 9 nitrogen and oxygen atoms in total. The Balaban J connectivity index is 0.00000480. The van der Waals surface area contributed by atoms with E-state index in [4.69, 9.17) is 4.74 Å². The first-order chi connectivity index (χ1) is 21.7. The van der Waals surface area contributed by atoms with E-state index in [0.29, 0.717) is 34.7 Å². The van der Waals surface area contributed by atoms with Gasteiger partial charge in [-0.05, 0) is 73.6 Å². The average Bonchev–Trinajstić information content (AvgIpc) is 3.15. The minimum absolute atomic E-state index is 0. The number of halogens is 2. The van der Waals surface area contributed by atoms with Crippen LogP contribution in [0.15, 0.2) is 83.3 Å². The Morgan fingerprint density at radius 2 is 1.65 bits per heavy atom. The first kappa shape index (κ1) is 34.6. The van der Waals surface area contributed by atoms with Crippen molar-refractivity contribution in [1.29, 1.82) is 0 Å². The van der Waals surface area contributed by atoms with Crippen LogP contribution in [-0.4, -0.2) is 56.3 Å². The number of para-hydroxylation sites is 2. The first-order valence-corrected chi connectivity index (χ1v) is 15.5. The molecule has 46 heavy (non-hydrogen) atoms. The molecule has 5 rings (SSSR count). The maximum absolute atomic E-state index is 14.5. The van der Waals surface area contributed by atoms with Gasteiger partial charge in [0, 0.05) is 21.2 Å². The molecule has 0 bridgehead atoms. The van der Waals surface area contributed by atoms with Crippen molar-refractivity contribution in [1.82, 2.24) is 10.6 Å². The highest BCUT2D eigenvalue weighted by Gasteiger charge is 2.38. The molecule has 2 atom stereocenters. The number of hydrogen-bond acceptors (Lipinski definition) is 6. The van der Waals surface area contributed by atoms with Crippen LogP contribution in [0.4, 0.5) is 11.4 Å². The van der Waals surface area contributed by atoms with Gasteiger partial charge in [-0.2, -0.15) is 0 Å². The van der Waals surface area contributed by atoms with E-state index in [1.807, 2.05) is 49.4 Å². The number of amides is 3. The number of Topliss-reactive ketones (excluding diaryl/α,β-unsaturated/α-hetero) is 1. The number of ketones is 1. The van der Waals surface area contributed by atoms with Gasteiger partial charge >= 0.3 is 0 Å². The maximum Gasteiger partial charge on any atom is 0.258 e. The Morgan fingerprint density at radius 1 is 0.978 bits per heavy atom. The van der Waals surface area contributed by atoms with E-state index < -0.39 is 12.1 Å². The van der Waals surface area contributed by atoms with Gasteiger partial charge < -0.3 is 25.2 Å². The molecule has 4 aromatic rings. The molecule has 0 saturated heterocycles. The second-order valence-corrected chi connectivity index (χ2v) is 11.8. The summed E-state index contributed by atoms with van der Waals surface area (Å²) in [7, 11) is 3.28. The van der Waals surface area contributed by atoms with E-state index in [-0.39, 0.29) is 49.0 Å². The number of anilines is 2. The summed E-state index contributed by atoms with van der Waals surface area (Å²) in [5, 5.41) is 7.79. The van der Waals surface area contributed by atoms with Gasteiger partial charge in [0.1, 0.15) is 11.8 Å². The van der Waals surface area contributed by atoms with E-state index in [2.05, 4.69) is 26.6 Å². The summed E-state index contributed by atoms with van der Waals surface area (Å²) >= 11 is 3.54. The average molecular weight is 708 g/mol. The number of methoxy groups -OCH3 is 1. The Kier molecular flexibility index (Phi) is 11.2. The minimum Gasteiger partial charge on any atom is -0.496 e. The van der Waals surface area contributed by atoms with Crippen LogP contribution < -0.4 is 25.2 Å². The van der Waals surface area contributed by atoms with Gasteiger partial charge in [0.2, 0.25) is 5.91 Å². The van der Waals surface area contributed by atoms with E-state index in [1.54, 1.807) is 55.5 Å². The molecule has 3 amide bonds. The molecule has 240 valence electrons. The van der Waals surface area contributed by atoms with Gasteiger partial charge in [-0.3, -0.25) is 19.2 Å². The van der Waals surface area contributed by atoms with Crippen LogP contribution in [0.3, 0.4) is 0 Å². The molecule has 0 saturated carbocycles. The van der Waals surface area contributed by atoms with Crippen LogP contribution in [0.1, 0.15) is 46.5 Å². The van der Waals surface area contributed by atoms with Crippen LogP contribution in [0.25, 0.3) is 10.8 Å². The van der Waals surface area contributed by atoms with Crippen molar-refractivity contribution < 1.29 is 23.9 Å². The highest BCUT2D eigenvalue weighted by Crippen LogP contribution is 2.38. The van der Waals surface area contributed by atoms with E-state index in [9.17, 15) is 19.2 Å². The lowest BCUT2D eigenvalue weighted by Crippen LogP contribution is -2.56. The number of ether oxygens (including phenoxy) is 1. The van der Waals surface area contributed by atoms with Crippen molar-refractivity contribution in [2.45, 2.75) is 38.9 Å². The van der Waals surface area contributed by atoms with Gasteiger partial charge in [0.25, 0.3) is 11.8 Å². The van der Waals surface area contributed by atoms with Gasteiger partial charge in [-0.1, -0.05) is 59.3 Å². The summed E-state index contributed by atoms with van der Waals surface area (Å²) in [5.74, 6) is -0.557. The number of hydrogen-bond donors (Lipinski definition) is 2. The molecule has 4 aromatic carbocycles. The van der Waals surface area contributed by atoms with Gasteiger partial charge in [0.05, 0.1) is 37.6 Å². The Hall–Kier alpha value is -4.25. The second kappa shape index (κ2) is 14.9. The van der Waals surface area contributed by atoms with E-state index >= 15 is 0 Å². The van der Waals surface area contributed by atoms with Crippen molar-refractivity contribution in [3.63, 3.8) is 0 Å². The van der Waals surface area contributed by atoms with Crippen LogP contribution in [0, 0.1) is 0 Å². The molecular weight excluding hydrogens is 672 g/mol. The summed E-state index contributed by atoms with van der Waals surface area (Å²) < 4.78 is 6.68. The smallest absolute Gasteiger partial charge is 0.258 e. The molecule has 0 fully saturated rings. The van der Waals surface area contributed by atoms with Gasteiger partial charge in [-0.15, -0.1) is 12.4 Å². The Morgan fingerprint density at radius 3 is 2.28 bits per heavy atom. The predicted molar refractivity (Wildman–Crippen MR) is 186 cm³/mol. The number of carbonyl (C=O) groups is 4. The number of rotatable bonds is 9. The Labute approximate surface area is 282 Å². The van der Waals surface area contributed by atoms with Crippen LogP contribution in [-0.2, 0) is 16.1 Å². The van der Waals surface area contributed by atoms with Gasteiger partial charge in [0.15, 0.2) is 5.78 Å². The summed E-state index contributed by atoms with van der Waals surface area (Å²) in [5.41, 5.74) is 2.67. The van der Waals surface area contributed by atoms with Crippen LogP contribution in [0.2, 0.25) is 0 Å². The molecular formula is C35H36BrClN4O5. The fourth-order valence-corrected chi connectivity index (χ4v) is 6.08. The number of likely N-dealkylation sites (N-methyl/N-ethyl adjacent to an activating group) is 1. The van der Waals surface area contributed by atoms with E-state index in [0.717, 1.165) is 20.8 Å². The fourth-order valence-electron chi connectivity index (χ4n) is 5.70. The van der Waals surface area contributed by atoms with Crippen LogP contribution >= 0.6 is 28.3 Å². The lowest BCUT2D eigenvalue weighted by atomic mass is 10.0. The lowest BCUT2D eigenvalue weighted by molar-refractivity contribution is -0.128. The quantitative estimate of drug-likeness (QED) is 0.210. The molecule has 1 aliphatic rings. The van der Waals surface area contributed by atoms with Crippen molar-refractivity contribution in [2.24, 2.45) is 0 Å². The molecule has 2 N–H and O–H groups in total. The second-order valence-electron chi connectivity index (χ2n) is 10.9. The molecule has 0 aliphatic carbocycles. The van der Waals surface area contributed by atoms with Crippen molar-refractivity contribution in [3.05, 3.63) is 100 Å². The van der Waals surface area contributed by atoms with Crippen molar-refractivity contribution in [3.8, 4) is 5.75 Å². The third-order valence-corrected chi connectivity index (χ3v) is 8.65. The molecule has 1 heterocycles. The zero-order valence-electron chi connectivity index (χ0n) is 26.0. The molecule has 0 radical (unpaired) electrons. The maximum atomic E-state index is 14.5. The molecule has 0 aromatic heterocycles. The minimum atomic E-state index is -1.05. The molecule has 11 heteroatoms. The normalized spacial score (nSPS) is 15.0. The largest absolute Gasteiger partial charge is 0.496 e. The van der Waals surface area contributed by atoms with Crippen LogP contribution in [0.5, 0.6) is 5.75 Å². The number of nitrogens with zero attached hydrogens (tertiary/aromatic N) is 2. The lowest BCUT2D eigenvalue weighted by Gasteiger charge is -2.27. The number of fused-ring (bicyclic) bond motifs is 2. The highest BCUT2D eigenvalue weighted by atomic mass is 79.9. The fraction of sp³-hybridized carbons (Fsp3) is 0.257.